The van der Waals surface area contributed by atoms with E-state index in [-0.39, 0.29) is 42.1 Å². The molecule has 0 saturated carbocycles. The molecule has 2 atom stereocenters. The van der Waals surface area contributed by atoms with Crippen molar-refractivity contribution in [2.75, 3.05) is 0 Å². The average molecular weight is 411 g/mol. The Bertz CT molecular complexity index is 1110. The van der Waals surface area contributed by atoms with E-state index in [2.05, 4.69) is 15.2 Å². The van der Waals surface area contributed by atoms with Crippen LogP contribution in [0.4, 0.5) is 4.39 Å². The van der Waals surface area contributed by atoms with Crippen LogP contribution in [0.3, 0.4) is 0 Å². The molecule has 9 heteroatoms. The summed E-state index contributed by atoms with van der Waals surface area (Å²) in [6.45, 7) is 1.91. The molecule has 1 amide bonds. The minimum absolute atomic E-state index is 0.193. The standard InChI is InChI=1S/C21H22FN5O3/c1-12-15(11-24-26(12)2)18-8-17(25-30-18)20(28)27-13-5-6-14(27)10-21(29,9-13)16-4-3-7-23-19(16)22/h3-4,7-8,11,13-14,29H,5-6,9-10H2,1-2H3. The topological polar surface area (TPSA) is 97.3 Å². The summed E-state index contributed by atoms with van der Waals surface area (Å²) in [7, 11) is 1.83. The summed E-state index contributed by atoms with van der Waals surface area (Å²) in [4.78, 5) is 18.7. The van der Waals surface area contributed by atoms with Crippen molar-refractivity contribution >= 4 is 5.91 Å². The predicted octanol–water partition coefficient (Wildman–Crippen LogP) is 2.57. The number of amides is 1. The highest BCUT2D eigenvalue weighted by atomic mass is 19.1. The molecule has 5 rings (SSSR count). The Labute approximate surface area is 172 Å². The van der Waals surface area contributed by atoms with Crippen molar-refractivity contribution in [3.8, 4) is 11.3 Å². The van der Waals surface area contributed by atoms with Crippen LogP contribution in [-0.2, 0) is 12.6 Å². The second-order valence-corrected chi connectivity index (χ2v) is 8.22. The van der Waals surface area contributed by atoms with E-state index in [1.807, 2.05) is 14.0 Å². The van der Waals surface area contributed by atoms with E-state index < -0.39 is 11.5 Å². The molecular weight excluding hydrogens is 389 g/mol. The van der Waals surface area contributed by atoms with E-state index in [9.17, 15) is 14.3 Å². The summed E-state index contributed by atoms with van der Waals surface area (Å²) >= 11 is 0. The minimum Gasteiger partial charge on any atom is -0.385 e. The summed E-state index contributed by atoms with van der Waals surface area (Å²) in [6, 6.07) is 4.43. The highest BCUT2D eigenvalue weighted by Gasteiger charge is 2.51. The molecule has 0 radical (unpaired) electrons. The van der Waals surface area contributed by atoms with Gasteiger partial charge < -0.3 is 14.5 Å². The molecule has 8 nitrogen and oxygen atoms in total. The van der Waals surface area contributed by atoms with Gasteiger partial charge in [0.05, 0.1) is 17.4 Å². The number of hydrogen-bond acceptors (Lipinski definition) is 6. The van der Waals surface area contributed by atoms with E-state index in [1.54, 1.807) is 34.0 Å². The van der Waals surface area contributed by atoms with E-state index >= 15 is 0 Å². The SMILES string of the molecule is Cc1c(-c2cc(C(=O)N3C4CCC3CC(O)(c3cccnc3F)C4)no2)cnn1C. The molecule has 2 unspecified atom stereocenters. The Morgan fingerprint density at radius 1 is 1.33 bits per heavy atom. The van der Waals surface area contributed by atoms with Gasteiger partial charge in [0.2, 0.25) is 5.95 Å². The first-order valence-corrected chi connectivity index (χ1v) is 9.99. The van der Waals surface area contributed by atoms with Crippen molar-refractivity contribution in [1.82, 2.24) is 24.8 Å². The third-order valence-electron chi connectivity index (χ3n) is 6.49. The zero-order chi connectivity index (χ0) is 21.0. The van der Waals surface area contributed by atoms with Gasteiger partial charge >= 0.3 is 0 Å². The van der Waals surface area contributed by atoms with Crippen LogP contribution in [0.1, 0.15) is 47.4 Å². The molecular formula is C21H22FN5O3. The minimum atomic E-state index is -1.33. The van der Waals surface area contributed by atoms with Crippen LogP contribution in [0.5, 0.6) is 0 Å². The Morgan fingerprint density at radius 3 is 2.70 bits per heavy atom. The summed E-state index contributed by atoms with van der Waals surface area (Å²) in [5.74, 6) is -0.401. The van der Waals surface area contributed by atoms with Gasteiger partial charge in [-0.05, 0) is 25.8 Å². The Balaban J connectivity index is 1.40. The number of aliphatic hydroxyl groups is 1. The number of fused-ring (bicyclic) bond motifs is 2. The van der Waals surface area contributed by atoms with Gasteiger partial charge in [0.1, 0.15) is 0 Å². The Hall–Kier alpha value is -3.07. The molecule has 0 spiro atoms. The molecule has 5 heterocycles. The van der Waals surface area contributed by atoms with Crippen molar-refractivity contribution in [2.45, 2.75) is 50.3 Å². The fourth-order valence-corrected chi connectivity index (χ4v) is 4.89. The number of aromatic nitrogens is 4. The number of hydrogen-bond donors (Lipinski definition) is 1. The molecule has 3 aromatic heterocycles. The van der Waals surface area contributed by atoms with Crippen molar-refractivity contribution < 1.29 is 18.8 Å². The Morgan fingerprint density at radius 2 is 2.07 bits per heavy atom. The maximum Gasteiger partial charge on any atom is 0.276 e. The summed E-state index contributed by atoms with van der Waals surface area (Å²) in [5, 5.41) is 19.4. The maximum absolute atomic E-state index is 14.2. The number of piperidine rings is 1. The normalized spacial score (nSPS) is 25.7. The third-order valence-corrected chi connectivity index (χ3v) is 6.49. The molecule has 156 valence electrons. The van der Waals surface area contributed by atoms with Crippen LogP contribution in [0.25, 0.3) is 11.3 Å². The largest absolute Gasteiger partial charge is 0.385 e. The maximum atomic E-state index is 14.2. The van der Waals surface area contributed by atoms with Crippen LogP contribution in [-0.4, -0.2) is 47.9 Å². The smallest absolute Gasteiger partial charge is 0.276 e. The van der Waals surface area contributed by atoms with Gasteiger partial charge in [-0.3, -0.25) is 9.48 Å². The van der Waals surface area contributed by atoms with Crippen LogP contribution >= 0.6 is 0 Å². The lowest BCUT2D eigenvalue weighted by molar-refractivity contribution is -0.0506. The molecule has 3 aromatic rings. The fraction of sp³-hybridized carbons (Fsp3) is 0.429. The van der Waals surface area contributed by atoms with Crippen molar-refractivity contribution in [1.29, 1.82) is 0 Å². The quantitative estimate of drug-likeness (QED) is 0.666. The first-order chi connectivity index (χ1) is 14.4. The van der Waals surface area contributed by atoms with Crippen molar-refractivity contribution in [3.63, 3.8) is 0 Å². The van der Waals surface area contributed by atoms with Gasteiger partial charge in [0.25, 0.3) is 5.91 Å². The summed E-state index contributed by atoms with van der Waals surface area (Å²) in [5.41, 5.74) is 0.787. The molecule has 0 aliphatic carbocycles. The summed E-state index contributed by atoms with van der Waals surface area (Å²) < 4.78 is 21.4. The van der Waals surface area contributed by atoms with Gasteiger partial charge in [0.15, 0.2) is 11.5 Å². The molecule has 2 fully saturated rings. The van der Waals surface area contributed by atoms with Gasteiger partial charge in [-0.1, -0.05) is 11.2 Å². The molecule has 30 heavy (non-hydrogen) atoms. The number of pyridine rings is 1. The predicted molar refractivity (Wildman–Crippen MR) is 104 cm³/mol. The third kappa shape index (κ3) is 2.84. The van der Waals surface area contributed by atoms with Crippen LogP contribution in [0.15, 0.2) is 35.1 Å². The van der Waals surface area contributed by atoms with Crippen LogP contribution in [0.2, 0.25) is 0 Å². The van der Waals surface area contributed by atoms with E-state index in [1.165, 1.54) is 6.20 Å². The van der Waals surface area contributed by atoms with Gasteiger partial charge in [-0.15, -0.1) is 0 Å². The number of aryl methyl sites for hydroxylation is 1. The number of carbonyl (C=O) groups is 1. The van der Waals surface area contributed by atoms with E-state index in [4.69, 9.17) is 4.52 Å². The fourth-order valence-electron chi connectivity index (χ4n) is 4.89. The number of rotatable bonds is 3. The van der Waals surface area contributed by atoms with Gasteiger partial charge in [-0.2, -0.15) is 9.49 Å². The number of carbonyl (C=O) groups excluding carboxylic acids is 1. The lowest BCUT2D eigenvalue weighted by atomic mass is 9.81. The van der Waals surface area contributed by atoms with Crippen molar-refractivity contribution in [2.24, 2.45) is 7.05 Å². The van der Waals surface area contributed by atoms with Crippen LogP contribution in [0, 0.1) is 12.9 Å². The first kappa shape index (κ1) is 18.9. The zero-order valence-electron chi connectivity index (χ0n) is 16.7. The van der Waals surface area contributed by atoms with Crippen molar-refractivity contribution in [3.05, 3.63) is 53.5 Å². The number of nitrogens with zero attached hydrogens (tertiary/aromatic N) is 5. The lowest BCUT2D eigenvalue weighted by Crippen LogP contribution is -2.52. The molecule has 2 aliphatic rings. The number of halogens is 1. The zero-order valence-corrected chi connectivity index (χ0v) is 16.7. The molecule has 2 aliphatic heterocycles. The highest BCUT2D eigenvalue weighted by molar-refractivity contribution is 5.94. The molecule has 0 aromatic carbocycles. The monoisotopic (exact) mass is 411 g/mol. The lowest BCUT2D eigenvalue weighted by Gasteiger charge is -2.43. The van der Waals surface area contributed by atoms with E-state index in [0.717, 1.165) is 24.1 Å². The Kier molecular flexibility index (Phi) is 4.25. The first-order valence-electron chi connectivity index (χ1n) is 9.99. The highest BCUT2D eigenvalue weighted by Crippen LogP contribution is 2.46. The summed E-state index contributed by atoms with van der Waals surface area (Å²) in [6.07, 6.45) is 5.09. The molecule has 2 bridgehead atoms. The second kappa shape index (κ2) is 6.73. The second-order valence-electron chi connectivity index (χ2n) is 8.22. The molecule has 1 N–H and O–H groups in total. The van der Waals surface area contributed by atoms with E-state index in [0.29, 0.717) is 5.76 Å². The average Bonchev–Trinajstić information content (AvgIpc) is 3.40. The van der Waals surface area contributed by atoms with Crippen LogP contribution < -0.4 is 0 Å². The molecule has 2 saturated heterocycles. The van der Waals surface area contributed by atoms with Gasteiger partial charge in [0, 0.05) is 55.5 Å². The van der Waals surface area contributed by atoms with Gasteiger partial charge in [-0.25, -0.2) is 4.98 Å².